The zero-order valence-corrected chi connectivity index (χ0v) is 16.1. The maximum absolute atomic E-state index is 12.4. The molecule has 142 valence electrons. The highest BCUT2D eigenvalue weighted by atomic mass is 16.3. The lowest BCUT2D eigenvalue weighted by Gasteiger charge is -2.43. The first-order chi connectivity index (χ1) is 13.7. The Hall–Kier alpha value is -2.94. The van der Waals surface area contributed by atoms with Crippen LogP contribution in [-0.4, -0.2) is 23.1 Å². The molecule has 0 saturated heterocycles. The van der Waals surface area contributed by atoms with Gasteiger partial charge in [0, 0.05) is 13.1 Å². The first kappa shape index (κ1) is 19.8. The van der Waals surface area contributed by atoms with E-state index < -0.39 is 5.60 Å². The van der Waals surface area contributed by atoms with E-state index in [0.717, 1.165) is 16.7 Å². The average Bonchev–Trinajstić information content (AvgIpc) is 2.76. The van der Waals surface area contributed by atoms with E-state index in [1.165, 1.54) is 0 Å². The van der Waals surface area contributed by atoms with Crippen molar-refractivity contribution in [2.45, 2.75) is 11.6 Å². The summed E-state index contributed by atoms with van der Waals surface area (Å²) in [5.41, 5.74) is 1.51. The van der Waals surface area contributed by atoms with Crippen LogP contribution in [0.15, 0.2) is 116 Å². The third-order valence-electron chi connectivity index (χ3n) is 5.03. The number of rotatable bonds is 9. The third kappa shape index (κ3) is 3.99. The number of benzene rings is 3. The van der Waals surface area contributed by atoms with Crippen LogP contribution in [-0.2, 0) is 5.60 Å². The van der Waals surface area contributed by atoms with Crippen LogP contribution in [0.4, 0.5) is 0 Å². The average molecular weight is 370 g/mol. The molecular weight excluding hydrogens is 342 g/mol. The Kier molecular flexibility index (Phi) is 6.59. The molecule has 2 heteroatoms. The van der Waals surface area contributed by atoms with Crippen molar-refractivity contribution in [3.05, 3.63) is 133 Å². The van der Waals surface area contributed by atoms with Crippen molar-refractivity contribution in [2.24, 2.45) is 0 Å². The standard InChI is InChI=1S/C26H27NO/c1-3-20-27(21-4-2)25(22-14-8-5-9-15-22)26(28,23-16-10-6-11-17-23)24-18-12-7-13-19-24/h3-19,25,28H,1-2,20-21H2/t25-/m1/s1. The molecule has 28 heavy (non-hydrogen) atoms. The summed E-state index contributed by atoms with van der Waals surface area (Å²) >= 11 is 0. The Bertz CT molecular complexity index is 825. The molecule has 2 nitrogen and oxygen atoms in total. The van der Waals surface area contributed by atoms with E-state index in [4.69, 9.17) is 0 Å². The quantitative estimate of drug-likeness (QED) is 0.515. The number of aliphatic hydroxyl groups is 1. The highest BCUT2D eigenvalue weighted by Gasteiger charge is 2.43. The molecule has 0 amide bonds. The van der Waals surface area contributed by atoms with E-state index in [-0.39, 0.29) is 6.04 Å². The first-order valence-corrected chi connectivity index (χ1v) is 9.56. The molecule has 0 radical (unpaired) electrons. The van der Waals surface area contributed by atoms with E-state index in [9.17, 15) is 5.11 Å². The smallest absolute Gasteiger partial charge is 0.134 e. The van der Waals surface area contributed by atoms with Crippen LogP contribution >= 0.6 is 0 Å². The summed E-state index contributed by atoms with van der Waals surface area (Å²) in [6, 6.07) is 29.6. The SMILES string of the molecule is C=CCN(CC=C)[C@H](c1ccccc1)C(O)(c1ccccc1)c1ccccc1. The van der Waals surface area contributed by atoms with Gasteiger partial charge >= 0.3 is 0 Å². The van der Waals surface area contributed by atoms with Crippen molar-refractivity contribution in [1.29, 1.82) is 0 Å². The molecule has 3 aromatic rings. The van der Waals surface area contributed by atoms with Crippen LogP contribution in [0.3, 0.4) is 0 Å². The van der Waals surface area contributed by atoms with Crippen LogP contribution in [0.1, 0.15) is 22.7 Å². The van der Waals surface area contributed by atoms with Gasteiger partial charge in [-0.2, -0.15) is 0 Å². The van der Waals surface area contributed by atoms with Crippen LogP contribution in [0.2, 0.25) is 0 Å². The summed E-state index contributed by atoms with van der Waals surface area (Å²) in [6.07, 6.45) is 3.74. The van der Waals surface area contributed by atoms with Gasteiger partial charge in [-0.1, -0.05) is 103 Å². The van der Waals surface area contributed by atoms with Crippen LogP contribution in [0, 0.1) is 0 Å². The molecule has 0 spiro atoms. The van der Waals surface area contributed by atoms with Gasteiger partial charge in [0.05, 0.1) is 6.04 Å². The Balaban J connectivity index is 2.28. The van der Waals surface area contributed by atoms with E-state index in [1.807, 2.05) is 91.0 Å². The molecule has 0 aliphatic heterocycles. The topological polar surface area (TPSA) is 23.5 Å². The molecule has 0 aliphatic carbocycles. The minimum absolute atomic E-state index is 0.311. The van der Waals surface area contributed by atoms with Crippen molar-refractivity contribution in [3.63, 3.8) is 0 Å². The molecule has 0 bridgehead atoms. The molecule has 0 aliphatic rings. The molecule has 0 aromatic heterocycles. The minimum atomic E-state index is -1.24. The van der Waals surface area contributed by atoms with Gasteiger partial charge < -0.3 is 5.11 Å². The van der Waals surface area contributed by atoms with Gasteiger partial charge in [0.2, 0.25) is 0 Å². The molecule has 3 rings (SSSR count). The molecular formula is C26H27NO. The Morgan fingerprint density at radius 2 is 1.11 bits per heavy atom. The predicted octanol–water partition coefficient (Wildman–Crippen LogP) is 5.34. The largest absolute Gasteiger partial charge is 0.378 e. The summed E-state index contributed by atoms with van der Waals surface area (Å²) < 4.78 is 0. The van der Waals surface area contributed by atoms with Gasteiger partial charge in [-0.05, 0) is 16.7 Å². The Morgan fingerprint density at radius 3 is 1.50 bits per heavy atom. The van der Waals surface area contributed by atoms with Gasteiger partial charge in [0.1, 0.15) is 5.60 Å². The maximum Gasteiger partial charge on any atom is 0.134 e. The van der Waals surface area contributed by atoms with Crippen molar-refractivity contribution in [3.8, 4) is 0 Å². The fraction of sp³-hybridized carbons (Fsp3) is 0.154. The predicted molar refractivity (Wildman–Crippen MR) is 117 cm³/mol. The molecule has 1 atom stereocenters. The summed E-state index contributed by atoms with van der Waals surface area (Å²) in [5.74, 6) is 0. The van der Waals surface area contributed by atoms with Crippen molar-refractivity contribution >= 4 is 0 Å². The van der Waals surface area contributed by atoms with E-state index >= 15 is 0 Å². The van der Waals surface area contributed by atoms with Gasteiger partial charge in [-0.15, -0.1) is 13.2 Å². The second-order valence-corrected chi connectivity index (χ2v) is 6.84. The van der Waals surface area contributed by atoms with Crippen LogP contribution < -0.4 is 0 Å². The lowest BCUT2D eigenvalue weighted by Crippen LogP contribution is -2.45. The van der Waals surface area contributed by atoms with Gasteiger partial charge in [-0.3, -0.25) is 4.90 Å². The lowest BCUT2D eigenvalue weighted by atomic mass is 9.76. The van der Waals surface area contributed by atoms with Gasteiger partial charge in [0.15, 0.2) is 0 Å². The van der Waals surface area contributed by atoms with Gasteiger partial charge in [-0.25, -0.2) is 0 Å². The summed E-state index contributed by atoms with van der Waals surface area (Å²) in [4.78, 5) is 2.20. The number of hydrogen-bond acceptors (Lipinski definition) is 2. The zero-order chi connectivity index (χ0) is 19.8. The third-order valence-corrected chi connectivity index (χ3v) is 5.03. The molecule has 1 N–H and O–H groups in total. The van der Waals surface area contributed by atoms with Crippen molar-refractivity contribution in [1.82, 2.24) is 4.90 Å². The highest BCUT2D eigenvalue weighted by Crippen LogP contribution is 2.44. The maximum atomic E-state index is 12.4. The van der Waals surface area contributed by atoms with Crippen molar-refractivity contribution < 1.29 is 5.11 Å². The van der Waals surface area contributed by atoms with Crippen molar-refractivity contribution in [2.75, 3.05) is 13.1 Å². The summed E-state index contributed by atoms with van der Waals surface area (Å²) in [7, 11) is 0. The fourth-order valence-corrected chi connectivity index (χ4v) is 3.84. The number of nitrogens with zero attached hydrogens (tertiary/aromatic N) is 1. The van der Waals surface area contributed by atoms with E-state index in [0.29, 0.717) is 13.1 Å². The molecule has 0 unspecified atom stereocenters. The second kappa shape index (κ2) is 9.32. The second-order valence-electron chi connectivity index (χ2n) is 6.84. The van der Waals surface area contributed by atoms with Gasteiger partial charge in [0.25, 0.3) is 0 Å². The fourth-order valence-electron chi connectivity index (χ4n) is 3.84. The van der Waals surface area contributed by atoms with E-state index in [1.54, 1.807) is 0 Å². The van der Waals surface area contributed by atoms with Crippen LogP contribution in [0.25, 0.3) is 0 Å². The summed E-state index contributed by atoms with van der Waals surface area (Å²) in [6.45, 7) is 9.12. The molecule has 0 fully saturated rings. The monoisotopic (exact) mass is 369 g/mol. The molecule has 0 heterocycles. The zero-order valence-electron chi connectivity index (χ0n) is 16.1. The number of hydrogen-bond donors (Lipinski definition) is 1. The first-order valence-electron chi connectivity index (χ1n) is 9.56. The Labute approximate surface area is 168 Å². The Morgan fingerprint density at radius 1 is 0.714 bits per heavy atom. The highest BCUT2D eigenvalue weighted by molar-refractivity contribution is 5.41. The lowest BCUT2D eigenvalue weighted by molar-refractivity contribution is -0.0152. The minimum Gasteiger partial charge on any atom is -0.378 e. The normalized spacial score (nSPS) is 12.5. The molecule has 0 saturated carbocycles. The molecule has 3 aromatic carbocycles. The van der Waals surface area contributed by atoms with E-state index in [2.05, 4.69) is 30.2 Å². The summed E-state index contributed by atoms with van der Waals surface area (Å²) in [5, 5.41) is 12.4. The van der Waals surface area contributed by atoms with Crippen LogP contribution in [0.5, 0.6) is 0 Å².